The normalized spacial score (nSPS) is 20.3. The number of amides is 2. The van der Waals surface area contributed by atoms with E-state index in [0.717, 1.165) is 36.8 Å². The Morgan fingerprint density at radius 2 is 1.74 bits per heavy atom. The van der Waals surface area contributed by atoms with Crippen LogP contribution in [0.3, 0.4) is 0 Å². The van der Waals surface area contributed by atoms with Gasteiger partial charge in [-0.25, -0.2) is 4.79 Å². The number of carbonyl (C=O) groups is 3. The summed E-state index contributed by atoms with van der Waals surface area (Å²) in [4.78, 5) is 41.1. The van der Waals surface area contributed by atoms with Gasteiger partial charge in [0.2, 0.25) is 5.91 Å². The molecule has 1 fully saturated rings. The van der Waals surface area contributed by atoms with E-state index in [0.29, 0.717) is 12.1 Å². The molecule has 1 heterocycles. The van der Waals surface area contributed by atoms with E-state index in [2.05, 4.69) is 5.32 Å². The number of hydrogen-bond acceptors (Lipinski definition) is 4. The van der Waals surface area contributed by atoms with E-state index in [1.807, 2.05) is 53.4 Å². The molecule has 0 radical (unpaired) electrons. The highest BCUT2D eigenvalue weighted by Gasteiger charge is 2.55. The van der Waals surface area contributed by atoms with Gasteiger partial charge in [0, 0.05) is 12.1 Å². The van der Waals surface area contributed by atoms with Gasteiger partial charge in [0.05, 0.1) is 18.6 Å². The van der Waals surface area contributed by atoms with Crippen LogP contribution in [0.4, 0.5) is 0 Å². The summed E-state index contributed by atoms with van der Waals surface area (Å²) >= 11 is 0. The molecule has 1 saturated carbocycles. The third-order valence-corrected chi connectivity index (χ3v) is 6.65. The van der Waals surface area contributed by atoms with Crippen LogP contribution in [0.15, 0.2) is 54.6 Å². The quantitative estimate of drug-likeness (QED) is 0.752. The Morgan fingerprint density at radius 3 is 2.42 bits per heavy atom. The van der Waals surface area contributed by atoms with Crippen LogP contribution in [0.1, 0.15) is 60.0 Å². The van der Waals surface area contributed by atoms with Gasteiger partial charge in [-0.2, -0.15) is 0 Å². The van der Waals surface area contributed by atoms with Crippen molar-refractivity contribution in [1.82, 2.24) is 10.2 Å². The Bertz CT molecular complexity index is 982. The fourth-order valence-corrected chi connectivity index (χ4v) is 5.20. The van der Waals surface area contributed by atoms with Gasteiger partial charge in [0.1, 0.15) is 6.04 Å². The summed E-state index contributed by atoms with van der Waals surface area (Å²) in [6.45, 7) is 2.07. The molecular formula is C25H28N2O4. The summed E-state index contributed by atoms with van der Waals surface area (Å²) in [6, 6.07) is 16.5. The lowest BCUT2D eigenvalue weighted by Gasteiger charge is -2.50. The summed E-state index contributed by atoms with van der Waals surface area (Å²) in [5.41, 5.74) is 1.72. The van der Waals surface area contributed by atoms with Crippen molar-refractivity contribution in [2.45, 2.75) is 56.7 Å². The lowest BCUT2D eigenvalue weighted by Crippen LogP contribution is -2.61. The van der Waals surface area contributed by atoms with Crippen LogP contribution >= 0.6 is 0 Å². The topological polar surface area (TPSA) is 75.7 Å². The Balaban J connectivity index is 1.79. The van der Waals surface area contributed by atoms with Crippen LogP contribution in [-0.4, -0.2) is 41.4 Å². The van der Waals surface area contributed by atoms with Crippen molar-refractivity contribution in [3.8, 4) is 0 Å². The minimum Gasteiger partial charge on any atom is -0.467 e. The monoisotopic (exact) mass is 420 g/mol. The molecule has 2 aliphatic rings. The number of esters is 1. The van der Waals surface area contributed by atoms with E-state index < -0.39 is 23.5 Å². The number of benzene rings is 2. The SMILES string of the molecule is COC(=O)[C@H](C)NC(=O)[C@H]1c2ccccc2C(=O)N(Cc2ccccc2)C12CCCC2. The molecule has 4 rings (SSSR count). The summed E-state index contributed by atoms with van der Waals surface area (Å²) < 4.78 is 4.79. The zero-order valence-corrected chi connectivity index (χ0v) is 18.0. The molecule has 0 aromatic heterocycles. The molecule has 31 heavy (non-hydrogen) atoms. The molecule has 0 unspecified atom stereocenters. The third kappa shape index (κ3) is 3.71. The molecule has 2 amide bonds. The van der Waals surface area contributed by atoms with Gasteiger partial charge in [-0.15, -0.1) is 0 Å². The molecule has 6 heteroatoms. The van der Waals surface area contributed by atoms with Crippen molar-refractivity contribution < 1.29 is 19.1 Å². The number of methoxy groups -OCH3 is 1. The number of ether oxygens (including phenoxy) is 1. The van der Waals surface area contributed by atoms with Crippen molar-refractivity contribution in [2.24, 2.45) is 0 Å². The van der Waals surface area contributed by atoms with Crippen molar-refractivity contribution in [2.75, 3.05) is 7.11 Å². The zero-order chi connectivity index (χ0) is 22.0. The van der Waals surface area contributed by atoms with Gasteiger partial charge >= 0.3 is 5.97 Å². The second kappa shape index (κ2) is 8.53. The first-order valence-electron chi connectivity index (χ1n) is 10.8. The Kier molecular flexibility index (Phi) is 5.81. The van der Waals surface area contributed by atoms with E-state index in [9.17, 15) is 14.4 Å². The number of nitrogens with zero attached hydrogens (tertiary/aromatic N) is 1. The predicted octanol–water partition coefficient (Wildman–Crippen LogP) is 3.42. The Hall–Kier alpha value is -3.15. The number of rotatable bonds is 5. The van der Waals surface area contributed by atoms with Crippen molar-refractivity contribution in [1.29, 1.82) is 0 Å². The predicted molar refractivity (Wildman–Crippen MR) is 116 cm³/mol. The van der Waals surface area contributed by atoms with Gasteiger partial charge in [0.25, 0.3) is 5.91 Å². The van der Waals surface area contributed by atoms with Gasteiger partial charge in [-0.3, -0.25) is 9.59 Å². The van der Waals surface area contributed by atoms with Crippen LogP contribution in [0.25, 0.3) is 0 Å². The molecule has 2 aromatic rings. The van der Waals surface area contributed by atoms with E-state index in [1.54, 1.807) is 13.0 Å². The first kappa shape index (κ1) is 21.1. The number of nitrogens with one attached hydrogen (secondary N) is 1. The van der Waals surface area contributed by atoms with E-state index in [4.69, 9.17) is 4.74 Å². The van der Waals surface area contributed by atoms with E-state index >= 15 is 0 Å². The van der Waals surface area contributed by atoms with Crippen molar-refractivity contribution in [3.63, 3.8) is 0 Å². The van der Waals surface area contributed by atoms with Gasteiger partial charge in [0.15, 0.2) is 0 Å². The third-order valence-electron chi connectivity index (χ3n) is 6.65. The number of fused-ring (bicyclic) bond motifs is 1. The standard InChI is InChI=1S/C25H28N2O4/c1-17(24(30)31-2)26-22(28)21-19-12-6-7-13-20(19)23(29)27(25(21)14-8-9-15-25)16-18-10-4-3-5-11-18/h3-7,10-13,17,21H,8-9,14-16H2,1-2H3,(H,26,28)/t17-,21+/m0/s1. The molecule has 162 valence electrons. The van der Waals surface area contributed by atoms with Crippen LogP contribution in [-0.2, 0) is 20.9 Å². The first-order chi connectivity index (χ1) is 15.0. The highest BCUT2D eigenvalue weighted by Crippen LogP contribution is 2.50. The largest absolute Gasteiger partial charge is 0.467 e. The molecule has 0 saturated heterocycles. The molecule has 2 aromatic carbocycles. The molecule has 6 nitrogen and oxygen atoms in total. The van der Waals surface area contributed by atoms with E-state index in [-0.39, 0.29) is 11.8 Å². The fraction of sp³-hybridized carbons (Fsp3) is 0.400. The second-order valence-corrected chi connectivity index (χ2v) is 8.46. The van der Waals surface area contributed by atoms with Gasteiger partial charge < -0.3 is 15.0 Å². The molecule has 1 N–H and O–H groups in total. The maximum atomic E-state index is 13.6. The number of hydrogen-bond donors (Lipinski definition) is 1. The molecule has 1 spiro atoms. The van der Waals surface area contributed by atoms with Crippen LogP contribution in [0.5, 0.6) is 0 Å². The Morgan fingerprint density at radius 1 is 1.10 bits per heavy atom. The highest BCUT2D eigenvalue weighted by molar-refractivity contribution is 6.02. The van der Waals surface area contributed by atoms with Gasteiger partial charge in [-0.1, -0.05) is 61.4 Å². The summed E-state index contributed by atoms with van der Waals surface area (Å²) in [5.74, 6) is -1.31. The van der Waals surface area contributed by atoms with Crippen molar-refractivity contribution >= 4 is 17.8 Å². The van der Waals surface area contributed by atoms with E-state index in [1.165, 1.54) is 7.11 Å². The van der Waals surface area contributed by atoms with Crippen molar-refractivity contribution in [3.05, 3.63) is 71.3 Å². The van der Waals surface area contributed by atoms with Crippen LogP contribution in [0, 0.1) is 0 Å². The molecule has 1 aliphatic carbocycles. The van der Waals surface area contributed by atoms with Crippen LogP contribution in [0.2, 0.25) is 0 Å². The maximum Gasteiger partial charge on any atom is 0.328 e. The summed E-state index contributed by atoms with van der Waals surface area (Å²) in [7, 11) is 1.31. The summed E-state index contributed by atoms with van der Waals surface area (Å²) in [6.07, 6.45) is 3.42. The number of carbonyl (C=O) groups excluding carboxylic acids is 3. The van der Waals surface area contributed by atoms with Crippen LogP contribution < -0.4 is 5.32 Å². The lowest BCUT2D eigenvalue weighted by atomic mass is 9.70. The smallest absolute Gasteiger partial charge is 0.328 e. The van der Waals surface area contributed by atoms with Gasteiger partial charge in [-0.05, 0) is 37.0 Å². The Labute approximate surface area is 182 Å². The minimum atomic E-state index is -0.761. The maximum absolute atomic E-state index is 13.6. The fourth-order valence-electron chi connectivity index (χ4n) is 5.20. The highest BCUT2D eigenvalue weighted by atomic mass is 16.5. The average Bonchev–Trinajstić information content (AvgIpc) is 3.26. The molecule has 1 aliphatic heterocycles. The second-order valence-electron chi connectivity index (χ2n) is 8.46. The lowest BCUT2D eigenvalue weighted by molar-refractivity contribution is -0.145. The zero-order valence-electron chi connectivity index (χ0n) is 18.0. The minimum absolute atomic E-state index is 0.0357. The molecular weight excluding hydrogens is 392 g/mol. The average molecular weight is 421 g/mol. The molecule has 2 atom stereocenters. The summed E-state index contributed by atoms with van der Waals surface area (Å²) in [5, 5.41) is 2.84. The molecule has 0 bridgehead atoms. The first-order valence-corrected chi connectivity index (χ1v) is 10.8.